The third-order valence-corrected chi connectivity index (χ3v) is 4.83. The van der Waals surface area contributed by atoms with Gasteiger partial charge in [-0.1, -0.05) is 36.4 Å². The molecule has 0 saturated carbocycles. The summed E-state index contributed by atoms with van der Waals surface area (Å²) in [6, 6.07) is 16.2. The Morgan fingerprint density at radius 3 is 2.73 bits per heavy atom. The van der Waals surface area contributed by atoms with Gasteiger partial charge < -0.3 is 5.11 Å². The number of nitriles is 1. The van der Waals surface area contributed by atoms with Crippen LogP contribution in [0.25, 0.3) is 17.3 Å². The molecular weight excluding hydrogens is 414 g/mol. The average molecular weight is 426 g/mol. The number of hydrogen-bond acceptors (Lipinski definition) is 5. The molecule has 0 atom stereocenters. The number of thiazole rings is 1. The highest BCUT2D eigenvalue weighted by Gasteiger charge is 2.13. The second kappa shape index (κ2) is 7.95. The first kappa shape index (κ1) is 17.9. The zero-order chi connectivity index (χ0) is 18.5. The van der Waals surface area contributed by atoms with Crippen LogP contribution in [0.3, 0.4) is 0 Å². The number of carbonyl (C=O) groups is 1. The van der Waals surface area contributed by atoms with Crippen molar-refractivity contribution < 1.29 is 9.90 Å². The molecule has 7 heteroatoms. The van der Waals surface area contributed by atoms with Crippen molar-refractivity contribution in [1.29, 1.82) is 5.26 Å². The van der Waals surface area contributed by atoms with Gasteiger partial charge in [-0.05, 0) is 39.7 Å². The summed E-state index contributed by atoms with van der Waals surface area (Å²) in [4.78, 5) is 16.7. The maximum atomic E-state index is 12.3. The van der Waals surface area contributed by atoms with Gasteiger partial charge in [0.15, 0.2) is 5.13 Å². The number of aromatic nitrogens is 1. The molecule has 5 nitrogen and oxygen atoms in total. The highest BCUT2D eigenvalue weighted by molar-refractivity contribution is 9.10. The number of hydrogen-bond donors (Lipinski definition) is 2. The zero-order valence-electron chi connectivity index (χ0n) is 13.3. The monoisotopic (exact) mass is 425 g/mol. The number of amides is 1. The third kappa shape index (κ3) is 4.17. The minimum Gasteiger partial charge on any atom is -0.507 e. The van der Waals surface area contributed by atoms with Crippen LogP contribution in [0.4, 0.5) is 5.13 Å². The van der Waals surface area contributed by atoms with Gasteiger partial charge in [0.05, 0.1) is 10.2 Å². The Kier molecular flexibility index (Phi) is 5.46. The first-order valence-electron chi connectivity index (χ1n) is 7.49. The summed E-state index contributed by atoms with van der Waals surface area (Å²) in [6.07, 6.45) is 1.45. The minimum atomic E-state index is -0.536. The number of rotatable bonds is 4. The number of nitrogens with one attached hydrogen (secondary N) is 1. The van der Waals surface area contributed by atoms with Gasteiger partial charge in [-0.3, -0.25) is 10.1 Å². The van der Waals surface area contributed by atoms with Gasteiger partial charge in [0.25, 0.3) is 5.91 Å². The number of nitrogens with zero attached hydrogens (tertiary/aromatic N) is 2. The highest BCUT2D eigenvalue weighted by Crippen LogP contribution is 2.26. The van der Waals surface area contributed by atoms with Gasteiger partial charge in [-0.25, -0.2) is 4.98 Å². The number of benzene rings is 2. The van der Waals surface area contributed by atoms with Crippen LogP contribution in [0.15, 0.2) is 64.0 Å². The fourth-order valence-electron chi connectivity index (χ4n) is 2.17. The smallest absolute Gasteiger partial charge is 0.268 e. The molecule has 1 aromatic heterocycles. The summed E-state index contributed by atoms with van der Waals surface area (Å²) in [5.41, 5.74) is 2.27. The standard InChI is InChI=1S/C19H12BrN3O2S/c20-15-9-12(6-7-17(15)24)8-14(10-21)18(25)23-19-22-16(11-26-19)13-4-2-1-3-5-13/h1-9,11,24H,(H,22,23,25)/b14-8+. The molecule has 3 rings (SSSR count). The number of anilines is 1. The van der Waals surface area contributed by atoms with E-state index in [-0.39, 0.29) is 11.3 Å². The van der Waals surface area contributed by atoms with Crippen LogP contribution in [-0.4, -0.2) is 16.0 Å². The van der Waals surface area contributed by atoms with Gasteiger partial charge >= 0.3 is 0 Å². The van der Waals surface area contributed by atoms with E-state index in [0.29, 0.717) is 15.2 Å². The fraction of sp³-hybridized carbons (Fsp3) is 0. The molecule has 0 bridgehead atoms. The lowest BCUT2D eigenvalue weighted by Gasteiger charge is -2.02. The first-order valence-corrected chi connectivity index (χ1v) is 9.16. The number of carbonyl (C=O) groups excluding carboxylic acids is 1. The predicted octanol–water partition coefficient (Wildman–Crippen LogP) is 4.82. The molecule has 0 saturated heterocycles. The van der Waals surface area contributed by atoms with Crippen LogP contribution in [-0.2, 0) is 4.79 Å². The van der Waals surface area contributed by atoms with Crippen LogP contribution in [0.2, 0.25) is 0 Å². The summed E-state index contributed by atoms with van der Waals surface area (Å²) >= 11 is 4.49. The van der Waals surface area contributed by atoms with E-state index in [9.17, 15) is 15.2 Å². The van der Waals surface area contributed by atoms with Crippen LogP contribution in [0.1, 0.15) is 5.56 Å². The molecule has 0 spiro atoms. The van der Waals surface area contributed by atoms with E-state index in [0.717, 1.165) is 11.3 Å². The molecule has 2 N–H and O–H groups in total. The lowest BCUT2D eigenvalue weighted by Crippen LogP contribution is -2.13. The SMILES string of the molecule is N#C/C(=C\c1ccc(O)c(Br)c1)C(=O)Nc1nc(-c2ccccc2)cs1. The molecule has 0 radical (unpaired) electrons. The lowest BCUT2D eigenvalue weighted by molar-refractivity contribution is -0.112. The van der Waals surface area contributed by atoms with Gasteiger partial charge in [0.1, 0.15) is 17.4 Å². The lowest BCUT2D eigenvalue weighted by atomic mass is 10.1. The number of phenols is 1. The van der Waals surface area contributed by atoms with E-state index in [2.05, 4.69) is 26.2 Å². The molecule has 128 valence electrons. The van der Waals surface area contributed by atoms with Gasteiger partial charge in [0.2, 0.25) is 0 Å². The Morgan fingerprint density at radius 2 is 2.04 bits per heavy atom. The maximum absolute atomic E-state index is 12.3. The summed E-state index contributed by atoms with van der Waals surface area (Å²) in [5, 5.41) is 23.7. The Hall–Kier alpha value is -2.95. The Morgan fingerprint density at radius 1 is 1.27 bits per heavy atom. The molecule has 26 heavy (non-hydrogen) atoms. The van der Waals surface area contributed by atoms with Crippen molar-refractivity contribution in [1.82, 2.24) is 4.98 Å². The predicted molar refractivity (Wildman–Crippen MR) is 106 cm³/mol. The molecule has 3 aromatic rings. The normalized spacial score (nSPS) is 11.0. The topological polar surface area (TPSA) is 86.0 Å². The van der Waals surface area contributed by atoms with Crippen molar-refractivity contribution in [2.75, 3.05) is 5.32 Å². The molecule has 2 aromatic carbocycles. The Labute approximate surface area is 162 Å². The number of halogens is 1. The summed E-state index contributed by atoms with van der Waals surface area (Å²) in [7, 11) is 0. The Bertz CT molecular complexity index is 1020. The summed E-state index contributed by atoms with van der Waals surface area (Å²) < 4.78 is 0.483. The molecule has 0 fully saturated rings. The maximum Gasteiger partial charge on any atom is 0.268 e. The van der Waals surface area contributed by atoms with E-state index in [4.69, 9.17) is 0 Å². The largest absolute Gasteiger partial charge is 0.507 e. The summed E-state index contributed by atoms with van der Waals surface area (Å²) in [6.45, 7) is 0. The van der Waals surface area contributed by atoms with Crippen molar-refractivity contribution in [3.63, 3.8) is 0 Å². The van der Waals surface area contributed by atoms with Gasteiger partial charge in [0, 0.05) is 10.9 Å². The van der Waals surface area contributed by atoms with E-state index >= 15 is 0 Å². The van der Waals surface area contributed by atoms with E-state index in [1.54, 1.807) is 12.1 Å². The molecule has 0 aliphatic carbocycles. The van der Waals surface area contributed by atoms with Crippen molar-refractivity contribution in [2.45, 2.75) is 0 Å². The van der Waals surface area contributed by atoms with Crippen molar-refractivity contribution in [3.8, 4) is 23.1 Å². The second-order valence-corrected chi connectivity index (χ2v) is 6.95. The highest BCUT2D eigenvalue weighted by atomic mass is 79.9. The van der Waals surface area contributed by atoms with E-state index in [1.165, 1.54) is 23.5 Å². The van der Waals surface area contributed by atoms with Crippen molar-refractivity contribution in [2.24, 2.45) is 0 Å². The van der Waals surface area contributed by atoms with Gasteiger partial charge in [-0.15, -0.1) is 11.3 Å². The summed E-state index contributed by atoms with van der Waals surface area (Å²) in [5.74, 6) is -0.452. The molecule has 1 amide bonds. The van der Waals surface area contributed by atoms with Crippen molar-refractivity contribution >= 4 is 44.4 Å². The Balaban J connectivity index is 1.78. The van der Waals surface area contributed by atoms with Gasteiger partial charge in [-0.2, -0.15) is 5.26 Å². The molecule has 1 heterocycles. The van der Waals surface area contributed by atoms with Crippen LogP contribution in [0, 0.1) is 11.3 Å². The quantitative estimate of drug-likeness (QED) is 0.463. The molecule has 0 aliphatic rings. The molecule has 0 unspecified atom stereocenters. The van der Waals surface area contributed by atoms with E-state index < -0.39 is 5.91 Å². The fourth-order valence-corrected chi connectivity index (χ4v) is 3.28. The van der Waals surface area contributed by atoms with Crippen LogP contribution >= 0.6 is 27.3 Å². The molecular formula is C19H12BrN3O2S. The molecule has 0 aliphatic heterocycles. The number of phenolic OH excluding ortho intramolecular Hbond substituents is 1. The third-order valence-electron chi connectivity index (χ3n) is 3.44. The van der Waals surface area contributed by atoms with Crippen molar-refractivity contribution in [3.05, 3.63) is 69.5 Å². The zero-order valence-corrected chi connectivity index (χ0v) is 15.7. The van der Waals surface area contributed by atoms with E-state index in [1.807, 2.05) is 41.8 Å². The minimum absolute atomic E-state index is 0.0564. The first-order chi connectivity index (χ1) is 12.6. The number of aromatic hydroxyl groups is 1. The van der Waals surface area contributed by atoms with Crippen LogP contribution in [0.5, 0.6) is 5.75 Å². The average Bonchev–Trinajstić information content (AvgIpc) is 3.11. The second-order valence-electron chi connectivity index (χ2n) is 5.24. The van der Waals surface area contributed by atoms with Crippen LogP contribution < -0.4 is 5.32 Å².